The Bertz CT molecular complexity index is 6910. The molecule has 3 heteroatoms. The Balaban J connectivity index is 0.733. The highest BCUT2D eigenvalue weighted by atomic mass is 15.1. The summed E-state index contributed by atoms with van der Waals surface area (Å²) in [4.78, 5) is 4.99. The molecule has 20 rings (SSSR count). The quantitative estimate of drug-likeness (QED) is 0.0565. The zero-order chi connectivity index (χ0) is 83.0. The lowest BCUT2D eigenvalue weighted by Gasteiger charge is -2.51. The van der Waals surface area contributed by atoms with Crippen molar-refractivity contribution in [2.24, 2.45) is 22.2 Å². The molecule has 0 saturated heterocycles. The van der Waals surface area contributed by atoms with Gasteiger partial charge >= 0.3 is 0 Å². The second kappa shape index (κ2) is 31.9. The number of para-hydroxylation sites is 1. The van der Waals surface area contributed by atoms with Gasteiger partial charge in [0.1, 0.15) is 0 Å². The summed E-state index contributed by atoms with van der Waals surface area (Å²) in [7, 11) is 0. The summed E-state index contributed by atoms with van der Waals surface area (Å²) in [6.07, 6.45) is 12.8. The van der Waals surface area contributed by atoms with E-state index < -0.39 is 5.41 Å². The van der Waals surface area contributed by atoms with Crippen LogP contribution in [0.3, 0.4) is 0 Å². The van der Waals surface area contributed by atoms with Gasteiger partial charge in [-0.05, 0) is 277 Å². The van der Waals surface area contributed by atoms with Gasteiger partial charge in [0.25, 0.3) is 0 Å². The molecule has 19 aromatic rings. The van der Waals surface area contributed by atoms with Crippen LogP contribution in [0, 0.1) is 47.3 Å². The first-order valence-electron chi connectivity index (χ1n) is 45.1. The molecule has 0 N–H and O–H groups in total. The summed E-state index contributed by atoms with van der Waals surface area (Å²) in [5, 5.41) is 34.6. The molecule has 1 fully saturated rings. The minimum Gasteiger partial charge on any atom is -0.310 e. The van der Waals surface area contributed by atoms with Crippen molar-refractivity contribution in [1.82, 2.24) is 0 Å². The zero-order valence-electron chi connectivity index (χ0n) is 71.9. The molecular weight excluding hydrogens is 1470 g/mol. The third kappa shape index (κ3) is 13.2. The molecule has 4 atom stereocenters. The predicted octanol–water partition coefficient (Wildman–Crippen LogP) is 34.9. The lowest BCUT2D eigenvalue weighted by atomic mass is 9.51. The summed E-state index contributed by atoms with van der Waals surface area (Å²) in [6.45, 7) is 19.3. The van der Waals surface area contributed by atoms with Gasteiger partial charge in [-0.3, -0.25) is 0 Å². The maximum atomic E-state index is 11.9. The molecule has 19 aromatic carbocycles. The van der Waals surface area contributed by atoms with Crippen molar-refractivity contribution < 1.29 is 0 Å². The standard InChI is InChI=1S/C119H107N3/c1-9-11-72-118(8,119(77-120)73-28-15-29-74-119)76-104(117(6,7)75-103(80(5)33-10-2)82-56-58-86(59-57-82)107-93-43-24-26-45-95(93)110(96-46-27-25-44-94(96)107)92-47-30-39-81-34-22-23-42-91(81)92)83-60-66-90(67-61-83)121(87-40-20-14-21-41-87)105-70-68-101-111-97(105)48-31-50-99(111)113-108(84-35-16-12-17-36-84)116-102-69-71-106(122(88-62-52-78(3)53-63-88)89-64-54-79(4)55-65-89)98-49-32-51-100(112(98)102)114(116)109(115(101)113)85-37-18-13-19-38-85/h12-14,16-27,30-32,34-71,80,103-104H,9-11,15,28-29,33,72-76H2,1-8H3. The van der Waals surface area contributed by atoms with Crippen molar-refractivity contribution in [3.63, 3.8) is 0 Å². The van der Waals surface area contributed by atoms with E-state index in [-0.39, 0.29) is 22.7 Å². The van der Waals surface area contributed by atoms with Crippen LogP contribution in [0.4, 0.5) is 34.1 Å². The highest BCUT2D eigenvalue weighted by Crippen LogP contribution is 2.62. The van der Waals surface area contributed by atoms with E-state index >= 15 is 0 Å². The van der Waals surface area contributed by atoms with Gasteiger partial charge in [0.05, 0.1) is 22.9 Å². The maximum Gasteiger partial charge on any atom is 0.0695 e. The van der Waals surface area contributed by atoms with Gasteiger partial charge in [0.2, 0.25) is 0 Å². The van der Waals surface area contributed by atoms with Crippen molar-refractivity contribution >= 4 is 131 Å². The monoisotopic (exact) mass is 1580 g/mol. The molecule has 3 nitrogen and oxygen atoms in total. The van der Waals surface area contributed by atoms with E-state index in [9.17, 15) is 5.26 Å². The maximum absolute atomic E-state index is 11.9. The third-order valence-electron chi connectivity index (χ3n) is 28.9. The van der Waals surface area contributed by atoms with E-state index in [1.165, 1.54) is 170 Å². The third-order valence-corrected chi connectivity index (χ3v) is 28.9. The molecule has 0 bridgehead atoms. The number of anilines is 6. The van der Waals surface area contributed by atoms with Gasteiger partial charge in [-0.15, -0.1) is 0 Å². The Morgan fingerprint density at radius 1 is 0.352 bits per heavy atom. The Morgan fingerprint density at radius 3 is 1.25 bits per heavy atom. The molecule has 0 amide bonds. The minimum absolute atomic E-state index is 0.131. The fraction of sp³-hybridized carbons (Fsp3) is 0.218. The average molecular weight is 1580 g/mol. The van der Waals surface area contributed by atoms with Crippen LogP contribution in [-0.2, 0) is 0 Å². The summed E-state index contributed by atoms with van der Waals surface area (Å²) in [5.41, 5.74) is 21.2. The van der Waals surface area contributed by atoms with E-state index in [4.69, 9.17) is 0 Å². The van der Waals surface area contributed by atoms with E-state index in [1.807, 2.05) is 0 Å². The van der Waals surface area contributed by atoms with Crippen molar-refractivity contribution in [1.29, 1.82) is 5.26 Å². The molecule has 598 valence electrons. The van der Waals surface area contributed by atoms with Crippen LogP contribution in [0.1, 0.15) is 153 Å². The van der Waals surface area contributed by atoms with Crippen molar-refractivity contribution in [2.75, 3.05) is 9.80 Å². The van der Waals surface area contributed by atoms with E-state index in [0.717, 1.165) is 105 Å². The first-order chi connectivity index (χ1) is 59.8. The SMILES string of the molecule is CCCCC(C)(CC(c1ccc(N(c2ccccc2)c2ccc3c4c(-c5ccccc5)c5c6cccc7c(N(c8ccc(C)cc8)c8ccc(C)cc8)ccc(c5c(-c5ccccc5)c4c4cccc2c43)c76)cc1)C(C)(C)CC(c1ccc(-c2c3ccccc3c(-c3cccc4ccccc34)c3ccccc23)cc1)C(C)CCC)C1(C#N)CCCCC1. The van der Waals surface area contributed by atoms with Crippen molar-refractivity contribution in [2.45, 2.75) is 144 Å². The van der Waals surface area contributed by atoms with E-state index in [0.29, 0.717) is 5.92 Å². The Morgan fingerprint density at radius 2 is 0.754 bits per heavy atom. The van der Waals surface area contributed by atoms with Crippen LogP contribution in [0.25, 0.3) is 141 Å². The number of nitrogens with zero attached hydrogens (tertiary/aromatic N) is 3. The number of fused-ring (bicyclic) bond motifs is 9. The molecule has 0 spiro atoms. The van der Waals surface area contributed by atoms with Gasteiger partial charge in [-0.25, -0.2) is 0 Å². The largest absolute Gasteiger partial charge is 0.310 e. The van der Waals surface area contributed by atoms with Crippen LogP contribution in [0.5, 0.6) is 0 Å². The molecule has 0 aromatic heterocycles. The minimum atomic E-state index is -0.403. The van der Waals surface area contributed by atoms with E-state index in [2.05, 4.69) is 411 Å². The molecular formula is C119H107N3. The molecule has 1 aliphatic carbocycles. The fourth-order valence-electron chi connectivity index (χ4n) is 22.8. The second-order valence-electron chi connectivity index (χ2n) is 36.7. The molecule has 1 saturated carbocycles. The number of unbranched alkanes of at least 4 members (excludes halogenated alkanes) is 1. The lowest BCUT2D eigenvalue weighted by molar-refractivity contribution is 0.0207. The number of rotatable bonds is 24. The molecule has 4 unspecified atom stereocenters. The van der Waals surface area contributed by atoms with Gasteiger partial charge in [-0.2, -0.15) is 5.26 Å². The summed E-state index contributed by atoms with van der Waals surface area (Å²) < 4.78 is 0. The van der Waals surface area contributed by atoms with Crippen LogP contribution < -0.4 is 9.80 Å². The number of hydrogen-bond donors (Lipinski definition) is 0. The number of hydrogen-bond acceptors (Lipinski definition) is 3. The highest BCUT2D eigenvalue weighted by Gasteiger charge is 2.52. The van der Waals surface area contributed by atoms with Crippen LogP contribution in [0.2, 0.25) is 0 Å². The second-order valence-corrected chi connectivity index (χ2v) is 36.7. The van der Waals surface area contributed by atoms with Crippen molar-refractivity contribution in [3.05, 3.63) is 362 Å². The summed E-state index contributed by atoms with van der Waals surface area (Å²) >= 11 is 0. The normalized spacial score (nSPS) is 14.5. The Kier molecular flexibility index (Phi) is 20.3. The Labute approximate surface area is 720 Å². The number of benzene rings is 17. The summed E-state index contributed by atoms with van der Waals surface area (Å²) in [6, 6.07) is 132. The van der Waals surface area contributed by atoms with Gasteiger partial charge in [0.15, 0.2) is 0 Å². The molecule has 0 aliphatic heterocycles. The number of nitriles is 1. The smallest absolute Gasteiger partial charge is 0.0695 e. The zero-order valence-corrected chi connectivity index (χ0v) is 71.9. The lowest BCUT2D eigenvalue weighted by Crippen LogP contribution is -2.43. The molecule has 122 heavy (non-hydrogen) atoms. The fourth-order valence-corrected chi connectivity index (χ4v) is 22.8. The van der Waals surface area contributed by atoms with Crippen LogP contribution in [0.15, 0.2) is 340 Å². The molecule has 0 radical (unpaired) electrons. The molecule has 1 aliphatic rings. The highest BCUT2D eigenvalue weighted by molar-refractivity contribution is 6.47. The summed E-state index contributed by atoms with van der Waals surface area (Å²) in [5.74, 6) is 0.843. The van der Waals surface area contributed by atoms with Gasteiger partial charge in [-0.1, -0.05) is 377 Å². The molecule has 0 heterocycles. The Hall–Kier alpha value is -12.9. The van der Waals surface area contributed by atoms with E-state index in [1.54, 1.807) is 0 Å². The van der Waals surface area contributed by atoms with Crippen LogP contribution in [-0.4, -0.2) is 0 Å². The number of aryl methyl sites for hydroxylation is 2. The van der Waals surface area contributed by atoms with Gasteiger partial charge < -0.3 is 9.80 Å². The van der Waals surface area contributed by atoms with Gasteiger partial charge in [0, 0.05) is 33.5 Å². The van der Waals surface area contributed by atoms with Crippen LogP contribution >= 0.6 is 0 Å². The average Bonchev–Trinajstić information content (AvgIpc) is 1.51. The first kappa shape index (κ1) is 77.7. The predicted molar refractivity (Wildman–Crippen MR) is 525 cm³/mol. The topological polar surface area (TPSA) is 30.3 Å². The first-order valence-corrected chi connectivity index (χ1v) is 45.1. The van der Waals surface area contributed by atoms with Crippen molar-refractivity contribution in [3.8, 4) is 50.6 Å².